The molecular formula is C16H28N4. The van der Waals surface area contributed by atoms with E-state index >= 15 is 0 Å². The fourth-order valence-electron chi connectivity index (χ4n) is 3.27. The summed E-state index contributed by atoms with van der Waals surface area (Å²) in [6, 6.07) is 0. The Hall–Kier alpha value is -1.32. The zero-order chi connectivity index (χ0) is 14.4. The molecule has 112 valence electrons. The minimum absolute atomic E-state index is 0.480. The maximum Gasteiger partial charge on any atom is 0.134 e. The number of hydrogen-bond acceptors (Lipinski definition) is 4. The average Bonchev–Trinajstić information content (AvgIpc) is 2.95. The highest BCUT2D eigenvalue weighted by Crippen LogP contribution is 2.41. The van der Waals surface area contributed by atoms with Crippen molar-refractivity contribution < 1.29 is 0 Å². The Morgan fingerprint density at radius 3 is 2.25 bits per heavy atom. The van der Waals surface area contributed by atoms with E-state index in [0.29, 0.717) is 5.41 Å². The first kappa shape index (κ1) is 15.1. The molecule has 0 aromatic carbocycles. The van der Waals surface area contributed by atoms with Gasteiger partial charge in [0.15, 0.2) is 0 Å². The molecule has 1 saturated carbocycles. The first-order valence-corrected chi connectivity index (χ1v) is 8.06. The lowest BCUT2D eigenvalue weighted by Gasteiger charge is -2.28. The molecule has 1 aromatic rings. The fraction of sp³-hybridized carbons (Fsp3) is 0.750. The smallest absolute Gasteiger partial charge is 0.134 e. The van der Waals surface area contributed by atoms with Crippen molar-refractivity contribution in [2.75, 3.05) is 23.7 Å². The van der Waals surface area contributed by atoms with Crippen LogP contribution in [0, 0.1) is 5.41 Å². The molecule has 1 aliphatic carbocycles. The minimum atomic E-state index is 0.480. The largest absolute Gasteiger partial charge is 0.370 e. The predicted molar refractivity (Wildman–Crippen MR) is 85.3 cm³/mol. The van der Waals surface area contributed by atoms with Crippen molar-refractivity contribution in [3.05, 3.63) is 11.9 Å². The third-order valence-corrected chi connectivity index (χ3v) is 4.69. The Labute approximate surface area is 122 Å². The molecule has 0 spiro atoms. The maximum atomic E-state index is 4.46. The van der Waals surface area contributed by atoms with Crippen LogP contribution in [0.1, 0.15) is 58.4 Å². The number of aromatic nitrogens is 2. The monoisotopic (exact) mass is 276 g/mol. The second-order valence-corrected chi connectivity index (χ2v) is 5.85. The van der Waals surface area contributed by atoms with E-state index in [1.165, 1.54) is 37.7 Å². The lowest BCUT2D eigenvalue weighted by atomic mass is 9.83. The molecule has 0 aliphatic heterocycles. The minimum Gasteiger partial charge on any atom is -0.370 e. The predicted octanol–water partition coefficient (Wildman–Crippen LogP) is 3.85. The maximum absolute atomic E-state index is 4.46. The van der Waals surface area contributed by atoms with Crippen molar-refractivity contribution in [3.63, 3.8) is 0 Å². The Bertz CT molecular complexity index is 424. The van der Waals surface area contributed by atoms with Gasteiger partial charge in [-0.05, 0) is 38.0 Å². The third kappa shape index (κ3) is 3.22. The quantitative estimate of drug-likeness (QED) is 0.794. The van der Waals surface area contributed by atoms with Crippen molar-refractivity contribution in [1.82, 2.24) is 9.97 Å². The van der Waals surface area contributed by atoms with Gasteiger partial charge in [0.05, 0.1) is 0 Å². The van der Waals surface area contributed by atoms with Crippen molar-refractivity contribution in [2.24, 2.45) is 5.41 Å². The zero-order valence-electron chi connectivity index (χ0n) is 13.1. The van der Waals surface area contributed by atoms with E-state index in [-0.39, 0.29) is 0 Å². The fourth-order valence-corrected chi connectivity index (χ4v) is 3.27. The Morgan fingerprint density at radius 1 is 1.05 bits per heavy atom. The number of hydrogen-bond donors (Lipinski definition) is 2. The molecule has 0 bridgehead atoms. The van der Waals surface area contributed by atoms with Gasteiger partial charge in [-0.2, -0.15) is 0 Å². The summed E-state index contributed by atoms with van der Waals surface area (Å²) >= 11 is 0. The van der Waals surface area contributed by atoms with Crippen LogP contribution in [0.2, 0.25) is 0 Å². The highest BCUT2D eigenvalue weighted by molar-refractivity contribution is 5.57. The van der Waals surface area contributed by atoms with Crippen molar-refractivity contribution in [2.45, 2.75) is 59.3 Å². The van der Waals surface area contributed by atoms with Gasteiger partial charge in [0, 0.05) is 18.7 Å². The summed E-state index contributed by atoms with van der Waals surface area (Å²) in [5.41, 5.74) is 1.69. The van der Waals surface area contributed by atoms with E-state index in [2.05, 4.69) is 41.4 Å². The van der Waals surface area contributed by atoms with E-state index < -0.39 is 0 Å². The van der Waals surface area contributed by atoms with Gasteiger partial charge in [-0.25, -0.2) is 9.97 Å². The third-order valence-electron chi connectivity index (χ3n) is 4.69. The average molecular weight is 276 g/mol. The summed E-state index contributed by atoms with van der Waals surface area (Å²) in [5, 5.41) is 6.93. The normalized spacial score (nSPS) is 17.1. The van der Waals surface area contributed by atoms with Gasteiger partial charge in [-0.1, -0.05) is 26.7 Å². The zero-order valence-corrected chi connectivity index (χ0v) is 13.1. The van der Waals surface area contributed by atoms with Crippen molar-refractivity contribution in [1.29, 1.82) is 0 Å². The van der Waals surface area contributed by atoms with Crippen molar-refractivity contribution in [3.8, 4) is 0 Å². The van der Waals surface area contributed by atoms with Crippen LogP contribution < -0.4 is 10.6 Å². The van der Waals surface area contributed by atoms with E-state index in [1.807, 2.05) is 0 Å². The molecular weight excluding hydrogens is 248 g/mol. The van der Waals surface area contributed by atoms with Gasteiger partial charge in [-0.3, -0.25) is 0 Å². The highest BCUT2D eigenvalue weighted by atomic mass is 15.1. The summed E-state index contributed by atoms with van der Waals surface area (Å²) in [6.07, 6.45) is 9.32. The Morgan fingerprint density at radius 2 is 1.70 bits per heavy atom. The van der Waals surface area contributed by atoms with Gasteiger partial charge < -0.3 is 10.6 Å². The molecule has 20 heavy (non-hydrogen) atoms. The molecule has 1 fully saturated rings. The molecule has 4 nitrogen and oxygen atoms in total. The standard InChI is InChI=1S/C16H28N4/c1-4-13-14(17-6-3)19-12-20-15(13)18-11-16(5-2)9-7-8-10-16/h12H,4-11H2,1-3H3,(H2,17,18,19,20). The molecule has 2 N–H and O–H groups in total. The molecule has 0 saturated heterocycles. The molecule has 0 radical (unpaired) electrons. The summed E-state index contributed by atoms with van der Waals surface area (Å²) in [4.78, 5) is 8.81. The molecule has 1 heterocycles. The SMILES string of the molecule is CCNc1ncnc(NCC2(CC)CCCC2)c1CC. The van der Waals surface area contributed by atoms with Crippen LogP contribution in [0.15, 0.2) is 6.33 Å². The topological polar surface area (TPSA) is 49.8 Å². The number of rotatable bonds is 7. The van der Waals surface area contributed by atoms with Crippen LogP contribution in [-0.4, -0.2) is 23.1 Å². The molecule has 1 aliphatic rings. The molecule has 4 heteroatoms. The Kier molecular flexibility index (Phi) is 5.21. The Balaban J connectivity index is 2.10. The summed E-state index contributed by atoms with van der Waals surface area (Å²) in [7, 11) is 0. The number of nitrogens with zero attached hydrogens (tertiary/aromatic N) is 2. The molecule has 0 atom stereocenters. The first-order valence-electron chi connectivity index (χ1n) is 8.06. The van der Waals surface area contributed by atoms with Gasteiger partial charge >= 0.3 is 0 Å². The van der Waals surface area contributed by atoms with Gasteiger partial charge in [-0.15, -0.1) is 0 Å². The first-order chi connectivity index (χ1) is 9.74. The lowest BCUT2D eigenvalue weighted by molar-refractivity contribution is 0.306. The summed E-state index contributed by atoms with van der Waals surface area (Å²) in [6.45, 7) is 8.51. The van der Waals surface area contributed by atoms with Crippen LogP contribution >= 0.6 is 0 Å². The van der Waals surface area contributed by atoms with Gasteiger partial charge in [0.1, 0.15) is 18.0 Å². The van der Waals surface area contributed by atoms with Crippen LogP contribution in [0.25, 0.3) is 0 Å². The molecule has 2 rings (SSSR count). The van der Waals surface area contributed by atoms with Gasteiger partial charge in [0.2, 0.25) is 0 Å². The van der Waals surface area contributed by atoms with E-state index in [1.54, 1.807) is 6.33 Å². The van der Waals surface area contributed by atoms with Crippen molar-refractivity contribution >= 4 is 11.6 Å². The summed E-state index contributed by atoms with van der Waals surface area (Å²) in [5.74, 6) is 1.99. The number of nitrogens with one attached hydrogen (secondary N) is 2. The molecule has 0 amide bonds. The van der Waals surface area contributed by atoms with Crippen LogP contribution in [0.3, 0.4) is 0 Å². The second kappa shape index (κ2) is 6.91. The van der Waals surface area contributed by atoms with Crippen LogP contribution in [0.5, 0.6) is 0 Å². The summed E-state index contributed by atoms with van der Waals surface area (Å²) < 4.78 is 0. The van der Waals surface area contributed by atoms with Gasteiger partial charge in [0.25, 0.3) is 0 Å². The molecule has 0 unspecified atom stereocenters. The van der Waals surface area contributed by atoms with Crippen LogP contribution in [-0.2, 0) is 6.42 Å². The van der Waals surface area contributed by atoms with E-state index in [0.717, 1.165) is 31.1 Å². The molecule has 1 aromatic heterocycles. The lowest BCUT2D eigenvalue weighted by Crippen LogP contribution is -2.26. The van der Waals surface area contributed by atoms with Crippen LogP contribution in [0.4, 0.5) is 11.6 Å². The van der Waals surface area contributed by atoms with E-state index in [4.69, 9.17) is 0 Å². The number of anilines is 2. The highest BCUT2D eigenvalue weighted by Gasteiger charge is 2.31. The van der Waals surface area contributed by atoms with E-state index in [9.17, 15) is 0 Å². The second-order valence-electron chi connectivity index (χ2n) is 5.85.